The smallest absolute Gasteiger partial charge is 0.407 e. The van der Waals surface area contributed by atoms with Crippen molar-refractivity contribution in [1.29, 1.82) is 0 Å². The molecule has 8 nitrogen and oxygen atoms in total. The quantitative estimate of drug-likeness (QED) is 0.553. The summed E-state index contributed by atoms with van der Waals surface area (Å²) in [7, 11) is 1.42. The number of benzene rings is 2. The predicted octanol–water partition coefficient (Wildman–Crippen LogP) is 2.91. The highest BCUT2D eigenvalue weighted by Gasteiger charge is 2.31. The predicted molar refractivity (Wildman–Crippen MR) is 118 cm³/mol. The second-order valence-electron chi connectivity index (χ2n) is 7.90. The minimum absolute atomic E-state index is 0.101. The molecular weight excluding hydrogens is 412 g/mol. The van der Waals surface area contributed by atoms with Crippen molar-refractivity contribution in [2.45, 2.75) is 44.4 Å². The van der Waals surface area contributed by atoms with Crippen LogP contribution in [-0.4, -0.2) is 55.0 Å². The maximum absolute atomic E-state index is 12.6. The summed E-state index contributed by atoms with van der Waals surface area (Å²) in [4.78, 5) is 36.0. The molecule has 2 aromatic rings. The summed E-state index contributed by atoms with van der Waals surface area (Å²) < 4.78 is 10.7. The summed E-state index contributed by atoms with van der Waals surface area (Å²) in [6.45, 7) is 3.33. The first-order valence-electron chi connectivity index (χ1n) is 10.5. The van der Waals surface area contributed by atoms with Crippen molar-refractivity contribution in [3.8, 4) is 11.1 Å². The molecule has 0 saturated carbocycles. The van der Waals surface area contributed by atoms with E-state index in [0.717, 1.165) is 22.3 Å². The molecule has 0 bridgehead atoms. The fraction of sp³-hybridized carbons (Fsp3) is 0.375. The van der Waals surface area contributed by atoms with Crippen LogP contribution in [0.25, 0.3) is 11.1 Å². The molecule has 0 heterocycles. The molecule has 2 unspecified atom stereocenters. The Morgan fingerprint density at radius 2 is 1.53 bits per heavy atom. The molecule has 8 heteroatoms. The van der Waals surface area contributed by atoms with Crippen molar-refractivity contribution < 1.29 is 29.0 Å². The van der Waals surface area contributed by atoms with Crippen molar-refractivity contribution in [3.05, 3.63) is 59.7 Å². The topological polar surface area (TPSA) is 114 Å². The van der Waals surface area contributed by atoms with Crippen molar-refractivity contribution in [2.75, 3.05) is 13.7 Å². The average Bonchev–Trinajstić information content (AvgIpc) is 3.08. The van der Waals surface area contributed by atoms with Crippen LogP contribution in [0.4, 0.5) is 4.79 Å². The summed E-state index contributed by atoms with van der Waals surface area (Å²) in [5, 5.41) is 14.0. The van der Waals surface area contributed by atoms with Crippen LogP contribution in [-0.2, 0) is 19.1 Å². The lowest BCUT2D eigenvalue weighted by atomic mass is 9.98. The third kappa shape index (κ3) is 5.26. The van der Waals surface area contributed by atoms with Crippen LogP contribution in [0.2, 0.25) is 0 Å². The van der Waals surface area contributed by atoms with Crippen LogP contribution in [0.5, 0.6) is 0 Å². The Hall–Kier alpha value is -3.39. The molecule has 3 N–H and O–H groups in total. The molecular formula is C24H28N2O6. The number of carboxylic acids is 1. The van der Waals surface area contributed by atoms with Crippen LogP contribution in [0.1, 0.15) is 37.3 Å². The van der Waals surface area contributed by atoms with Gasteiger partial charge in [-0.1, -0.05) is 48.5 Å². The van der Waals surface area contributed by atoms with Crippen molar-refractivity contribution >= 4 is 18.0 Å². The van der Waals surface area contributed by atoms with Gasteiger partial charge >= 0.3 is 12.1 Å². The fourth-order valence-electron chi connectivity index (χ4n) is 3.94. The maximum Gasteiger partial charge on any atom is 0.407 e. The lowest BCUT2D eigenvalue weighted by molar-refractivity contribution is -0.137. The van der Waals surface area contributed by atoms with E-state index in [-0.39, 0.29) is 18.9 Å². The molecule has 0 aromatic heterocycles. The number of carbonyl (C=O) groups excluding carboxylic acids is 2. The monoisotopic (exact) mass is 440 g/mol. The Balaban J connectivity index is 1.66. The van der Waals surface area contributed by atoms with Crippen molar-refractivity contribution in [3.63, 3.8) is 0 Å². The van der Waals surface area contributed by atoms with Gasteiger partial charge in [0.1, 0.15) is 12.6 Å². The van der Waals surface area contributed by atoms with E-state index in [4.69, 9.17) is 14.6 Å². The number of hydrogen-bond donors (Lipinski definition) is 3. The number of amides is 2. The zero-order valence-electron chi connectivity index (χ0n) is 18.3. The van der Waals surface area contributed by atoms with Gasteiger partial charge in [0.25, 0.3) is 0 Å². The number of alkyl carbamates (subject to hydrolysis) is 1. The van der Waals surface area contributed by atoms with E-state index < -0.39 is 36.2 Å². The molecule has 2 amide bonds. The number of carbonyl (C=O) groups is 3. The highest BCUT2D eigenvalue weighted by atomic mass is 16.5. The first-order chi connectivity index (χ1) is 15.3. The fourth-order valence-corrected chi connectivity index (χ4v) is 3.94. The van der Waals surface area contributed by atoms with Gasteiger partial charge in [-0.05, 0) is 36.1 Å². The lowest BCUT2D eigenvalue weighted by Crippen LogP contribution is -2.54. The summed E-state index contributed by atoms with van der Waals surface area (Å²) in [6.07, 6.45) is -1.63. The molecule has 0 aliphatic heterocycles. The molecule has 0 fully saturated rings. The molecule has 2 aromatic carbocycles. The highest BCUT2D eigenvalue weighted by molar-refractivity contribution is 5.87. The van der Waals surface area contributed by atoms with E-state index in [9.17, 15) is 14.4 Å². The van der Waals surface area contributed by atoms with Gasteiger partial charge < -0.3 is 25.2 Å². The molecule has 0 spiro atoms. The Labute approximate surface area is 186 Å². The van der Waals surface area contributed by atoms with E-state index in [2.05, 4.69) is 10.6 Å². The van der Waals surface area contributed by atoms with Gasteiger partial charge in [-0.2, -0.15) is 0 Å². The van der Waals surface area contributed by atoms with E-state index in [1.165, 1.54) is 7.11 Å². The molecule has 32 heavy (non-hydrogen) atoms. The number of ether oxygens (including phenoxy) is 2. The van der Waals surface area contributed by atoms with Gasteiger partial charge in [0.05, 0.1) is 12.5 Å². The summed E-state index contributed by atoms with van der Waals surface area (Å²) in [6, 6.07) is 14.4. The largest absolute Gasteiger partial charge is 0.481 e. The number of fused-ring (bicyclic) bond motifs is 3. The molecule has 0 radical (unpaired) electrons. The van der Waals surface area contributed by atoms with Crippen molar-refractivity contribution in [2.24, 2.45) is 0 Å². The Kier molecular flexibility index (Phi) is 7.48. The second-order valence-corrected chi connectivity index (χ2v) is 7.90. The van der Waals surface area contributed by atoms with E-state index in [0.29, 0.717) is 0 Å². The lowest BCUT2D eigenvalue weighted by Gasteiger charge is -2.25. The minimum Gasteiger partial charge on any atom is -0.481 e. The molecule has 1 aliphatic carbocycles. The Morgan fingerprint density at radius 1 is 0.969 bits per heavy atom. The third-order valence-electron chi connectivity index (χ3n) is 5.61. The first kappa shape index (κ1) is 23.3. The zero-order valence-corrected chi connectivity index (χ0v) is 18.3. The molecule has 170 valence electrons. The zero-order chi connectivity index (χ0) is 23.3. The standard InChI is InChI=1S/C24H28N2O6/c1-14(12-21(27)28)25-23(29)22(15(2)31-3)26-24(30)32-13-20-18-10-6-4-8-16(18)17-9-5-7-11-19(17)20/h4-11,14-15,20,22H,12-13H2,1-3H3,(H,25,29)(H,26,30)(H,27,28)/t14-,15?,22?/m1/s1. The number of methoxy groups -OCH3 is 1. The maximum atomic E-state index is 12.6. The number of nitrogens with one attached hydrogen (secondary N) is 2. The van der Waals surface area contributed by atoms with Gasteiger partial charge in [-0.15, -0.1) is 0 Å². The first-order valence-corrected chi connectivity index (χ1v) is 10.5. The number of aliphatic carboxylic acids is 1. The van der Waals surface area contributed by atoms with Crippen LogP contribution in [0.3, 0.4) is 0 Å². The summed E-state index contributed by atoms with van der Waals surface area (Å²) in [5.74, 6) is -1.67. The second kappa shape index (κ2) is 10.3. The summed E-state index contributed by atoms with van der Waals surface area (Å²) >= 11 is 0. The normalized spacial score (nSPS) is 15.1. The molecule has 3 atom stereocenters. The van der Waals surface area contributed by atoms with E-state index in [1.54, 1.807) is 13.8 Å². The van der Waals surface area contributed by atoms with E-state index in [1.807, 2.05) is 48.5 Å². The minimum atomic E-state index is -1.04. The van der Waals surface area contributed by atoms with Crippen molar-refractivity contribution in [1.82, 2.24) is 10.6 Å². The van der Waals surface area contributed by atoms with Crippen LogP contribution in [0, 0.1) is 0 Å². The van der Waals surface area contributed by atoms with Crippen LogP contribution >= 0.6 is 0 Å². The van der Waals surface area contributed by atoms with Gasteiger partial charge in [0.2, 0.25) is 5.91 Å². The molecule has 3 rings (SSSR count). The van der Waals surface area contributed by atoms with Gasteiger partial charge in [-0.25, -0.2) is 4.79 Å². The van der Waals surface area contributed by atoms with Gasteiger partial charge in [0.15, 0.2) is 0 Å². The Morgan fingerprint density at radius 3 is 2.06 bits per heavy atom. The van der Waals surface area contributed by atoms with Gasteiger partial charge in [-0.3, -0.25) is 9.59 Å². The van der Waals surface area contributed by atoms with Gasteiger partial charge in [0, 0.05) is 19.1 Å². The van der Waals surface area contributed by atoms with Crippen LogP contribution in [0.15, 0.2) is 48.5 Å². The molecule has 0 saturated heterocycles. The molecule has 1 aliphatic rings. The number of carboxylic acid groups (broad SMARTS) is 1. The summed E-state index contributed by atoms with van der Waals surface area (Å²) in [5.41, 5.74) is 4.41. The van der Waals surface area contributed by atoms with Crippen LogP contribution < -0.4 is 10.6 Å². The number of rotatable bonds is 9. The Bertz CT molecular complexity index is 946. The SMILES string of the molecule is COC(C)C(NC(=O)OCC1c2ccccc2-c2ccccc21)C(=O)N[C@H](C)CC(=O)O. The van der Waals surface area contributed by atoms with E-state index >= 15 is 0 Å². The highest BCUT2D eigenvalue weighted by Crippen LogP contribution is 2.44. The average molecular weight is 440 g/mol. The third-order valence-corrected chi connectivity index (χ3v) is 5.61. The number of hydrogen-bond acceptors (Lipinski definition) is 5.